The third-order valence-electron chi connectivity index (χ3n) is 5.37. The lowest BCUT2D eigenvalue weighted by molar-refractivity contribution is 0.249. The second-order valence-corrected chi connectivity index (χ2v) is 8.11. The molecule has 2 aromatic carbocycles. The number of aryl methyl sites for hydroxylation is 1. The summed E-state index contributed by atoms with van der Waals surface area (Å²) in [4.78, 5) is 5.06. The first-order valence-corrected chi connectivity index (χ1v) is 10.3. The summed E-state index contributed by atoms with van der Waals surface area (Å²) in [5, 5.41) is 0.806. The van der Waals surface area contributed by atoms with Gasteiger partial charge in [-0.25, -0.2) is 0 Å². The highest BCUT2D eigenvalue weighted by Gasteiger charge is 2.18. The fraction of sp³-hybridized carbons (Fsp3) is 0.478. The van der Waals surface area contributed by atoms with E-state index >= 15 is 0 Å². The van der Waals surface area contributed by atoms with Gasteiger partial charge in [0.15, 0.2) is 0 Å². The molecule has 3 heteroatoms. The molecule has 1 aliphatic heterocycles. The zero-order valence-electron chi connectivity index (χ0n) is 16.3. The van der Waals surface area contributed by atoms with Gasteiger partial charge in [-0.2, -0.15) is 0 Å². The molecule has 1 heterocycles. The summed E-state index contributed by atoms with van der Waals surface area (Å²) < 4.78 is 0. The van der Waals surface area contributed by atoms with E-state index in [1.54, 1.807) is 0 Å². The van der Waals surface area contributed by atoms with Crippen molar-refractivity contribution in [2.45, 2.75) is 46.1 Å². The van der Waals surface area contributed by atoms with Crippen LogP contribution >= 0.6 is 11.6 Å². The van der Waals surface area contributed by atoms with Crippen LogP contribution in [0.5, 0.6) is 0 Å². The number of piperazine rings is 1. The minimum absolute atomic E-state index is 0.589. The summed E-state index contributed by atoms with van der Waals surface area (Å²) in [5.74, 6) is 0.589. The van der Waals surface area contributed by atoms with Crippen LogP contribution in [0.2, 0.25) is 5.02 Å². The van der Waals surface area contributed by atoms with E-state index in [1.807, 2.05) is 12.1 Å². The highest BCUT2D eigenvalue weighted by molar-refractivity contribution is 6.30. The summed E-state index contributed by atoms with van der Waals surface area (Å²) in [6, 6.07) is 15.3. The monoisotopic (exact) mass is 370 g/mol. The Morgan fingerprint density at radius 3 is 2.23 bits per heavy atom. The summed E-state index contributed by atoms with van der Waals surface area (Å²) in [7, 11) is 0. The molecule has 0 amide bonds. The summed E-state index contributed by atoms with van der Waals surface area (Å²) in [6.07, 6.45) is 2.39. The summed E-state index contributed by atoms with van der Waals surface area (Å²) >= 11 is 6.01. The van der Waals surface area contributed by atoms with Crippen LogP contribution in [0, 0.1) is 0 Å². The molecule has 0 saturated carbocycles. The topological polar surface area (TPSA) is 6.48 Å². The molecule has 3 rings (SSSR count). The van der Waals surface area contributed by atoms with E-state index in [9.17, 15) is 0 Å². The maximum Gasteiger partial charge on any atom is 0.0407 e. The molecule has 1 saturated heterocycles. The fourth-order valence-electron chi connectivity index (χ4n) is 3.72. The SMILES string of the molecule is CCCc1ccc(C(C)C)cc1CN1CCN(c2ccc(Cl)cc2)CC1. The van der Waals surface area contributed by atoms with Gasteiger partial charge in [0.1, 0.15) is 0 Å². The molecular weight excluding hydrogens is 340 g/mol. The molecule has 0 unspecified atom stereocenters. The molecule has 0 bridgehead atoms. The number of nitrogens with zero attached hydrogens (tertiary/aromatic N) is 2. The van der Waals surface area contributed by atoms with Gasteiger partial charge < -0.3 is 4.90 Å². The Morgan fingerprint density at radius 1 is 0.923 bits per heavy atom. The van der Waals surface area contributed by atoms with E-state index in [1.165, 1.54) is 35.2 Å². The lowest BCUT2D eigenvalue weighted by Crippen LogP contribution is -2.46. The molecule has 0 atom stereocenters. The van der Waals surface area contributed by atoms with Crippen molar-refractivity contribution in [3.05, 3.63) is 64.2 Å². The fourth-order valence-corrected chi connectivity index (χ4v) is 3.85. The minimum atomic E-state index is 0.589. The standard InChI is InChI=1S/C23H31ClN2/c1-4-5-19-6-7-20(18(2)3)16-21(19)17-25-12-14-26(15-13-25)23-10-8-22(24)9-11-23/h6-11,16,18H,4-5,12-15,17H2,1-3H3. The predicted molar refractivity (Wildman–Crippen MR) is 113 cm³/mol. The molecule has 1 fully saturated rings. The third kappa shape index (κ3) is 4.81. The molecule has 0 N–H and O–H groups in total. The Morgan fingerprint density at radius 2 is 1.62 bits per heavy atom. The molecule has 2 aromatic rings. The van der Waals surface area contributed by atoms with Gasteiger partial charge in [-0.05, 0) is 53.3 Å². The van der Waals surface area contributed by atoms with Gasteiger partial charge in [0.05, 0.1) is 0 Å². The molecular formula is C23H31ClN2. The number of benzene rings is 2. The zero-order valence-corrected chi connectivity index (χ0v) is 17.1. The Hall–Kier alpha value is -1.51. The Labute approximate surface area is 163 Å². The van der Waals surface area contributed by atoms with Crippen molar-refractivity contribution in [2.75, 3.05) is 31.1 Å². The number of hydrogen-bond acceptors (Lipinski definition) is 2. The molecule has 26 heavy (non-hydrogen) atoms. The number of rotatable bonds is 6. The van der Waals surface area contributed by atoms with E-state index in [0.717, 1.165) is 37.7 Å². The van der Waals surface area contributed by atoms with Crippen molar-refractivity contribution >= 4 is 17.3 Å². The molecule has 0 radical (unpaired) electrons. The van der Waals surface area contributed by atoms with Crippen LogP contribution in [0.4, 0.5) is 5.69 Å². The summed E-state index contributed by atoms with van der Waals surface area (Å²) in [5.41, 5.74) is 5.79. The van der Waals surface area contributed by atoms with Crippen LogP contribution < -0.4 is 4.90 Å². The van der Waals surface area contributed by atoms with Gasteiger partial charge in [0.25, 0.3) is 0 Å². The second kappa shape index (κ2) is 8.92. The minimum Gasteiger partial charge on any atom is -0.369 e. The lowest BCUT2D eigenvalue weighted by atomic mass is 9.95. The smallest absolute Gasteiger partial charge is 0.0407 e. The van der Waals surface area contributed by atoms with Gasteiger partial charge in [-0.3, -0.25) is 4.90 Å². The molecule has 0 aliphatic carbocycles. The van der Waals surface area contributed by atoms with E-state index in [4.69, 9.17) is 11.6 Å². The highest BCUT2D eigenvalue weighted by Crippen LogP contribution is 2.23. The first-order valence-electron chi connectivity index (χ1n) is 9.91. The normalized spacial score (nSPS) is 15.7. The van der Waals surface area contributed by atoms with Crippen molar-refractivity contribution in [3.63, 3.8) is 0 Å². The van der Waals surface area contributed by atoms with Crippen molar-refractivity contribution in [1.82, 2.24) is 4.90 Å². The quantitative estimate of drug-likeness (QED) is 0.639. The average molecular weight is 371 g/mol. The van der Waals surface area contributed by atoms with E-state index < -0.39 is 0 Å². The van der Waals surface area contributed by atoms with Crippen molar-refractivity contribution < 1.29 is 0 Å². The Balaban J connectivity index is 1.65. The van der Waals surface area contributed by atoms with Crippen LogP contribution in [-0.4, -0.2) is 31.1 Å². The van der Waals surface area contributed by atoms with Gasteiger partial charge >= 0.3 is 0 Å². The molecule has 2 nitrogen and oxygen atoms in total. The number of hydrogen-bond donors (Lipinski definition) is 0. The van der Waals surface area contributed by atoms with E-state index in [0.29, 0.717) is 5.92 Å². The van der Waals surface area contributed by atoms with Crippen molar-refractivity contribution in [3.8, 4) is 0 Å². The maximum absolute atomic E-state index is 6.01. The molecule has 1 aliphatic rings. The molecule has 0 aromatic heterocycles. The van der Waals surface area contributed by atoms with Gasteiger partial charge in [0.2, 0.25) is 0 Å². The van der Waals surface area contributed by atoms with Gasteiger partial charge in [-0.1, -0.05) is 57.0 Å². The zero-order chi connectivity index (χ0) is 18.5. The third-order valence-corrected chi connectivity index (χ3v) is 5.63. The lowest BCUT2D eigenvalue weighted by Gasteiger charge is -2.36. The first-order chi connectivity index (χ1) is 12.6. The molecule has 140 valence electrons. The number of halogens is 1. The summed E-state index contributed by atoms with van der Waals surface area (Å²) in [6.45, 7) is 12.3. The van der Waals surface area contributed by atoms with E-state index in [-0.39, 0.29) is 0 Å². The second-order valence-electron chi connectivity index (χ2n) is 7.67. The predicted octanol–water partition coefficient (Wildman–Crippen LogP) is 5.74. The number of anilines is 1. The average Bonchev–Trinajstić information content (AvgIpc) is 2.64. The maximum atomic E-state index is 6.01. The van der Waals surface area contributed by atoms with Gasteiger partial charge in [0, 0.05) is 43.4 Å². The largest absolute Gasteiger partial charge is 0.369 e. The van der Waals surface area contributed by atoms with Crippen LogP contribution in [0.1, 0.15) is 49.8 Å². The highest BCUT2D eigenvalue weighted by atomic mass is 35.5. The van der Waals surface area contributed by atoms with Crippen LogP contribution in [-0.2, 0) is 13.0 Å². The van der Waals surface area contributed by atoms with Crippen molar-refractivity contribution in [1.29, 1.82) is 0 Å². The molecule has 0 spiro atoms. The van der Waals surface area contributed by atoms with Crippen LogP contribution in [0.3, 0.4) is 0 Å². The van der Waals surface area contributed by atoms with Crippen LogP contribution in [0.15, 0.2) is 42.5 Å². The van der Waals surface area contributed by atoms with E-state index in [2.05, 4.69) is 60.9 Å². The Kier molecular flexibility index (Phi) is 6.61. The first kappa shape index (κ1) is 19.3. The van der Waals surface area contributed by atoms with Crippen molar-refractivity contribution in [2.24, 2.45) is 0 Å². The van der Waals surface area contributed by atoms with Crippen LogP contribution in [0.25, 0.3) is 0 Å². The van der Waals surface area contributed by atoms with Gasteiger partial charge in [-0.15, -0.1) is 0 Å². The Bertz CT molecular complexity index is 701.